The van der Waals surface area contributed by atoms with Gasteiger partial charge in [0.15, 0.2) is 0 Å². The number of nitro groups is 1. The lowest BCUT2D eigenvalue weighted by atomic mass is 10.2. The summed E-state index contributed by atoms with van der Waals surface area (Å²) in [6.07, 6.45) is 2.36. The summed E-state index contributed by atoms with van der Waals surface area (Å²) in [4.78, 5) is 20.8. The Kier molecular flexibility index (Phi) is 2.95. The van der Waals surface area contributed by atoms with Gasteiger partial charge in [0.25, 0.3) is 5.69 Å². The number of carboxylic acid groups (broad SMARTS) is 1. The Hall–Kier alpha value is -3.21. The number of aromatic nitrogens is 2. The minimum absolute atomic E-state index is 0.0352. The Labute approximate surface area is 106 Å². The summed E-state index contributed by atoms with van der Waals surface area (Å²) in [6, 6.07) is 5.61. The zero-order valence-corrected chi connectivity index (χ0v) is 9.35. The molecule has 0 atom stereocenters. The van der Waals surface area contributed by atoms with E-state index >= 15 is 0 Å². The van der Waals surface area contributed by atoms with Crippen LogP contribution in [0.1, 0.15) is 15.9 Å². The Balaban J connectivity index is 2.51. The van der Waals surface area contributed by atoms with Crippen molar-refractivity contribution in [3.8, 4) is 11.8 Å². The Morgan fingerprint density at radius 3 is 2.79 bits per heavy atom. The Morgan fingerprint density at radius 2 is 2.26 bits per heavy atom. The fraction of sp³-hybridized carbons (Fsp3) is 0. The maximum atomic E-state index is 10.8. The van der Waals surface area contributed by atoms with Crippen LogP contribution in [0.25, 0.3) is 5.69 Å². The number of nitro benzene ring substituents is 1. The van der Waals surface area contributed by atoms with Gasteiger partial charge in [-0.15, -0.1) is 0 Å². The molecule has 1 heterocycles. The normalized spacial score (nSPS) is 9.84. The van der Waals surface area contributed by atoms with E-state index in [-0.39, 0.29) is 16.8 Å². The van der Waals surface area contributed by atoms with E-state index in [1.807, 2.05) is 0 Å². The molecule has 0 spiro atoms. The van der Waals surface area contributed by atoms with E-state index < -0.39 is 10.9 Å². The van der Waals surface area contributed by atoms with Crippen LogP contribution in [-0.2, 0) is 0 Å². The zero-order chi connectivity index (χ0) is 14.0. The highest BCUT2D eigenvalue weighted by Gasteiger charge is 2.16. The van der Waals surface area contributed by atoms with Crippen molar-refractivity contribution in [1.29, 1.82) is 5.26 Å². The molecule has 0 saturated carbocycles. The van der Waals surface area contributed by atoms with Gasteiger partial charge in [0.05, 0.1) is 22.4 Å². The second-order valence-corrected chi connectivity index (χ2v) is 3.55. The quantitative estimate of drug-likeness (QED) is 0.654. The van der Waals surface area contributed by atoms with Crippen LogP contribution in [0.15, 0.2) is 30.6 Å². The minimum atomic E-state index is -1.14. The Bertz CT molecular complexity index is 714. The first-order valence-electron chi connectivity index (χ1n) is 5.00. The molecule has 1 aromatic carbocycles. The van der Waals surface area contributed by atoms with E-state index in [1.165, 1.54) is 23.0 Å². The Morgan fingerprint density at radius 1 is 1.53 bits per heavy atom. The van der Waals surface area contributed by atoms with Crippen molar-refractivity contribution in [3.63, 3.8) is 0 Å². The van der Waals surface area contributed by atoms with E-state index in [4.69, 9.17) is 10.4 Å². The summed E-state index contributed by atoms with van der Waals surface area (Å²) < 4.78 is 1.19. The molecule has 0 saturated heterocycles. The summed E-state index contributed by atoms with van der Waals surface area (Å²) in [5.41, 5.74) is -0.156. The molecule has 2 rings (SSSR count). The van der Waals surface area contributed by atoms with Gasteiger partial charge in [-0.05, 0) is 12.1 Å². The van der Waals surface area contributed by atoms with Crippen molar-refractivity contribution < 1.29 is 14.8 Å². The van der Waals surface area contributed by atoms with Crippen LogP contribution in [0, 0.1) is 21.4 Å². The lowest BCUT2D eigenvalue weighted by Gasteiger charge is -2.01. The maximum absolute atomic E-state index is 10.8. The fourth-order valence-corrected chi connectivity index (χ4v) is 1.48. The first-order valence-corrected chi connectivity index (χ1v) is 5.00. The van der Waals surface area contributed by atoms with Gasteiger partial charge in [-0.3, -0.25) is 10.1 Å². The van der Waals surface area contributed by atoms with Gasteiger partial charge in [0.1, 0.15) is 11.6 Å². The summed E-state index contributed by atoms with van der Waals surface area (Å²) in [7, 11) is 0. The predicted molar refractivity (Wildman–Crippen MR) is 61.9 cm³/mol. The molecule has 0 bridgehead atoms. The number of hydrogen-bond donors (Lipinski definition) is 1. The molecule has 8 heteroatoms. The lowest BCUT2D eigenvalue weighted by Crippen LogP contribution is -1.99. The van der Waals surface area contributed by atoms with Crippen molar-refractivity contribution in [2.24, 2.45) is 0 Å². The third-order valence-electron chi connectivity index (χ3n) is 2.39. The maximum Gasteiger partial charge on any atom is 0.338 e. The van der Waals surface area contributed by atoms with Crippen molar-refractivity contribution in [2.75, 3.05) is 0 Å². The molecule has 0 amide bonds. The van der Waals surface area contributed by atoms with Crippen molar-refractivity contribution in [2.45, 2.75) is 0 Å². The molecule has 0 fully saturated rings. The molecule has 0 aliphatic heterocycles. The second kappa shape index (κ2) is 4.58. The molecule has 94 valence electrons. The fourth-order valence-electron chi connectivity index (χ4n) is 1.48. The van der Waals surface area contributed by atoms with Gasteiger partial charge in [-0.1, -0.05) is 0 Å². The van der Waals surface area contributed by atoms with E-state index in [0.717, 1.165) is 12.3 Å². The standard InChI is InChI=1S/C11H6N4O4/c12-4-7-1-2-9(3-10(7)15(18)19)14-6-8(5-13-14)11(16)17/h1-3,5-6H,(H,16,17). The van der Waals surface area contributed by atoms with Crippen LogP contribution in [0.3, 0.4) is 0 Å². The van der Waals surface area contributed by atoms with Crippen LogP contribution in [0.2, 0.25) is 0 Å². The molecular formula is C11H6N4O4. The number of carboxylic acids is 1. The zero-order valence-electron chi connectivity index (χ0n) is 9.35. The highest BCUT2D eigenvalue weighted by atomic mass is 16.6. The average Bonchev–Trinajstić information content (AvgIpc) is 2.87. The molecule has 8 nitrogen and oxygen atoms in total. The first kappa shape index (κ1) is 12.3. The smallest absolute Gasteiger partial charge is 0.338 e. The summed E-state index contributed by atoms with van der Waals surface area (Å²) in [6.45, 7) is 0. The topological polar surface area (TPSA) is 122 Å². The molecule has 0 radical (unpaired) electrons. The molecule has 19 heavy (non-hydrogen) atoms. The van der Waals surface area contributed by atoms with Gasteiger partial charge in [0, 0.05) is 12.3 Å². The molecule has 2 aromatic rings. The van der Waals surface area contributed by atoms with E-state index in [0.29, 0.717) is 5.69 Å². The minimum Gasteiger partial charge on any atom is -0.478 e. The van der Waals surface area contributed by atoms with E-state index in [2.05, 4.69) is 5.10 Å². The molecule has 0 unspecified atom stereocenters. The van der Waals surface area contributed by atoms with Crippen LogP contribution in [0.4, 0.5) is 5.69 Å². The van der Waals surface area contributed by atoms with Gasteiger partial charge < -0.3 is 5.11 Å². The second-order valence-electron chi connectivity index (χ2n) is 3.55. The van der Waals surface area contributed by atoms with Crippen molar-refractivity contribution >= 4 is 11.7 Å². The van der Waals surface area contributed by atoms with E-state index in [9.17, 15) is 14.9 Å². The molecular weight excluding hydrogens is 252 g/mol. The SMILES string of the molecule is N#Cc1ccc(-n2cc(C(=O)O)cn2)cc1[N+](=O)[O-]. The molecule has 1 aromatic heterocycles. The highest BCUT2D eigenvalue weighted by molar-refractivity contribution is 5.87. The van der Waals surface area contributed by atoms with Gasteiger partial charge in [0.2, 0.25) is 0 Å². The van der Waals surface area contributed by atoms with Crippen LogP contribution >= 0.6 is 0 Å². The van der Waals surface area contributed by atoms with Crippen LogP contribution in [-0.4, -0.2) is 25.8 Å². The number of hydrogen-bond acceptors (Lipinski definition) is 5. The van der Waals surface area contributed by atoms with Gasteiger partial charge >= 0.3 is 5.97 Å². The number of nitrogens with zero attached hydrogens (tertiary/aromatic N) is 4. The number of aromatic carboxylic acids is 1. The third kappa shape index (κ3) is 2.25. The highest BCUT2D eigenvalue weighted by Crippen LogP contribution is 2.21. The monoisotopic (exact) mass is 258 g/mol. The van der Waals surface area contributed by atoms with Crippen LogP contribution in [0.5, 0.6) is 0 Å². The largest absolute Gasteiger partial charge is 0.478 e. The number of nitriles is 1. The molecule has 1 N–H and O–H groups in total. The van der Waals surface area contributed by atoms with Crippen molar-refractivity contribution in [3.05, 3.63) is 51.8 Å². The third-order valence-corrected chi connectivity index (χ3v) is 2.39. The summed E-state index contributed by atoms with van der Waals surface area (Å²) in [5, 5.41) is 32.1. The summed E-state index contributed by atoms with van der Waals surface area (Å²) >= 11 is 0. The molecule has 0 aliphatic carbocycles. The van der Waals surface area contributed by atoms with Crippen LogP contribution < -0.4 is 0 Å². The first-order chi connectivity index (χ1) is 9.02. The number of carbonyl (C=O) groups is 1. The van der Waals surface area contributed by atoms with Gasteiger partial charge in [-0.25, -0.2) is 9.48 Å². The average molecular weight is 258 g/mol. The number of rotatable bonds is 3. The van der Waals surface area contributed by atoms with Gasteiger partial charge in [-0.2, -0.15) is 10.4 Å². The predicted octanol–water partition coefficient (Wildman–Crippen LogP) is 1.35. The lowest BCUT2D eigenvalue weighted by molar-refractivity contribution is -0.385. The molecule has 0 aliphatic rings. The number of benzene rings is 1. The van der Waals surface area contributed by atoms with Crippen molar-refractivity contribution in [1.82, 2.24) is 9.78 Å². The summed E-state index contributed by atoms with van der Waals surface area (Å²) in [5.74, 6) is -1.14. The van der Waals surface area contributed by atoms with E-state index in [1.54, 1.807) is 6.07 Å².